The van der Waals surface area contributed by atoms with Gasteiger partial charge in [0, 0.05) is 12.1 Å². The van der Waals surface area contributed by atoms with E-state index in [9.17, 15) is 10.1 Å². The van der Waals surface area contributed by atoms with E-state index < -0.39 is 0 Å². The largest absolute Gasteiger partial charge is 0.270 e. The third kappa shape index (κ3) is 2.98. The molecule has 0 saturated carbocycles. The Hall–Kier alpha value is -2.53. The molecule has 0 N–H and O–H groups in total. The molecule has 0 spiro atoms. The van der Waals surface area contributed by atoms with Crippen LogP contribution in [0.1, 0.15) is 16.1 Å². The lowest BCUT2D eigenvalue weighted by molar-refractivity contribution is -0.384. The summed E-state index contributed by atoms with van der Waals surface area (Å²) >= 11 is 1.45. The Bertz CT molecular complexity index is 835. The highest BCUT2D eigenvalue weighted by Gasteiger charge is 2.08. The van der Waals surface area contributed by atoms with Gasteiger partial charge in [-0.1, -0.05) is 35.9 Å². The Morgan fingerprint density at radius 3 is 2.62 bits per heavy atom. The van der Waals surface area contributed by atoms with Crippen LogP contribution in [0.15, 0.2) is 42.5 Å². The molecule has 0 saturated heterocycles. The first kappa shape index (κ1) is 13.5. The average molecular weight is 296 g/mol. The van der Waals surface area contributed by atoms with Gasteiger partial charge in [0.15, 0.2) is 0 Å². The Kier molecular flexibility index (Phi) is 3.50. The van der Waals surface area contributed by atoms with Gasteiger partial charge in [-0.05, 0) is 24.6 Å². The highest BCUT2D eigenvalue weighted by Crippen LogP contribution is 2.27. The van der Waals surface area contributed by atoms with Crippen LogP contribution in [0, 0.1) is 17.0 Å². The molecule has 0 aliphatic heterocycles. The van der Waals surface area contributed by atoms with Crippen LogP contribution in [-0.2, 0) is 0 Å². The van der Waals surface area contributed by atoms with Crippen molar-refractivity contribution in [2.24, 2.45) is 0 Å². The van der Waals surface area contributed by atoms with Crippen LogP contribution in [0.3, 0.4) is 0 Å². The topological polar surface area (TPSA) is 56.0 Å². The maximum absolute atomic E-state index is 10.8. The lowest BCUT2D eigenvalue weighted by Gasteiger charge is -1.93. The first-order chi connectivity index (χ1) is 10.1. The molecule has 0 atom stereocenters. The second-order valence-electron chi connectivity index (χ2n) is 4.71. The number of hydrogen-bond donors (Lipinski definition) is 0. The van der Waals surface area contributed by atoms with Crippen molar-refractivity contribution >= 4 is 39.4 Å². The minimum atomic E-state index is -0.388. The van der Waals surface area contributed by atoms with E-state index >= 15 is 0 Å². The Morgan fingerprint density at radius 2 is 1.90 bits per heavy atom. The van der Waals surface area contributed by atoms with Crippen molar-refractivity contribution < 1.29 is 4.92 Å². The number of nitro benzene ring substituents is 1. The Morgan fingerprint density at radius 1 is 1.14 bits per heavy atom. The number of benzene rings is 2. The number of thiazole rings is 1. The van der Waals surface area contributed by atoms with Gasteiger partial charge in [-0.2, -0.15) is 0 Å². The fraction of sp³-hybridized carbons (Fsp3) is 0.0625. The first-order valence-electron chi connectivity index (χ1n) is 6.41. The summed E-state index contributed by atoms with van der Waals surface area (Å²) in [6.45, 7) is 2.05. The highest BCUT2D eigenvalue weighted by atomic mass is 32.1. The van der Waals surface area contributed by atoms with Crippen LogP contribution in [0.5, 0.6) is 0 Å². The predicted molar refractivity (Wildman–Crippen MR) is 86.4 cm³/mol. The maximum Gasteiger partial charge on any atom is 0.270 e. The van der Waals surface area contributed by atoms with Crippen LogP contribution < -0.4 is 0 Å². The van der Waals surface area contributed by atoms with Crippen molar-refractivity contribution in [1.29, 1.82) is 0 Å². The molecular formula is C16H12N2O2S. The predicted octanol–water partition coefficient (Wildman–Crippen LogP) is 4.68. The van der Waals surface area contributed by atoms with Gasteiger partial charge in [0.2, 0.25) is 0 Å². The highest BCUT2D eigenvalue weighted by molar-refractivity contribution is 7.19. The number of non-ortho nitro benzene ring substituents is 1. The summed E-state index contributed by atoms with van der Waals surface area (Å²) < 4.78 is 0.827. The summed E-state index contributed by atoms with van der Waals surface area (Å²) in [4.78, 5) is 14.8. The summed E-state index contributed by atoms with van der Waals surface area (Å²) in [5.41, 5.74) is 3.21. The number of fused-ring (bicyclic) bond motifs is 1. The fourth-order valence-electron chi connectivity index (χ4n) is 1.96. The van der Waals surface area contributed by atoms with Crippen LogP contribution in [0.4, 0.5) is 5.69 Å². The molecule has 3 aromatic rings. The van der Waals surface area contributed by atoms with E-state index in [1.54, 1.807) is 12.1 Å². The van der Waals surface area contributed by atoms with Gasteiger partial charge >= 0.3 is 0 Å². The molecule has 0 amide bonds. The number of nitrogens with zero attached hydrogens (tertiary/aromatic N) is 2. The second kappa shape index (κ2) is 5.46. The third-order valence-corrected chi connectivity index (χ3v) is 4.08. The van der Waals surface area contributed by atoms with Crippen molar-refractivity contribution in [2.75, 3.05) is 0 Å². The van der Waals surface area contributed by atoms with Gasteiger partial charge in [-0.15, -0.1) is 11.3 Å². The third-order valence-electron chi connectivity index (χ3n) is 3.10. The minimum Gasteiger partial charge on any atom is -0.258 e. The molecule has 0 bridgehead atoms. The maximum atomic E-state index is 10.8. The molecule has 5 heteroatoms. The first-order valence-corrected chi connectivity index (χ1v) is 7.23. The van der Waals surface area contributed by atoms with Crippen LogP contribution >= 0.6 is 11.3 Å². The monoisotopic (exact) mass is 296 g/mol. The van der Waals surface area contributed by atoms with Crippen LogP contribution in [-0.4, -0.2) is 9.91 Å². The molecule has 0 aliphatic carbocycles. The number of nitro groups is 1. The van der Waals surface area contributed by atoms with Crippen molar-refractivity contribution in [3.05, 3.63) is 68.7 Å². The molecule has 21 heavy (non-hydrogen) atoms. The van der Waals surface area contributed by atoms with Crippen molar-refractivity contribution in [3.63, 3.8) is 0 Å². The molecular weight excluding hydrogens is 284 g/mol. The molecule has 0 fully saturated rings. The molecule has 0 unspecified atom stereocenters. The quantitative estimate of drug-likeness (QED) is 0.520. The second-order valence-corrected chi connectivity index (χ2v) is 5.77. The summed E-state index contributed by atoms with van der Waals surface area (Å²) in [5.74, 6) is 0. The van der Waals surface area contributed by atoms with E-state index in [0.717, 1.165) is 20.8 Å². The minimum absolute atomic E-state index is 0.0974. The van der Waals surface area contributed by atoms with E-state index in [2.05, 4.69) is 17.1 Å². The molecule has 0 aliphatic rings. The summed E-state index contributed by atoms with van der Waals surface area (Å²) in [6, 6.07) is 12.9. The summed E-state index contributed by atoms with van der Waals surface area (Å²) in [5, 5.41) is 11.6. The van der Waals surface area contributed by atoms with Crippen molar-refractivity contribution in [2.45, 2.75) is 6.92 Å². The van der Waals surface area contributed by atoms with Gasteiger partial charge < -0.3 is 0 Å². The van der Waals surface area contributed by atoms with Gasteiger partial charge in [-0.3, -0.25) is 10.1 Å². The van der Waals surface area contributed by atoms with E-state index in [4.69, 9.17) is 0 Å². The molecule has 1 aromatic heterocycles. The zero-order chi connectivity index (χ0) is 14.8. The number of aryl methyl sites for hydroxylation is 1. The molecule has 0 radical (unpaired) electrons. The van der Waals surface area contributed by atoms with Gasteiger partial charge in [0.1, 0.15) is 5.01 Å². The summed E-state index contributed by atoms with van der Waals surface area (Å²) in [7, 11) is 0. The van der Waals surface area contributed by atoms with Crippen molar-refractivity contribution in [1.82, 2.24) is 4.98 Å². The number of hydrogen-bond acceptors (Lipinski definition) is 4. The standard InChI is InChI=1S/C16H12N2O2S/c1-11-2-4-12(5-3-11)6-9-16-17-14-8-7-13(18(19)20)10-15(14)21-16/h2-10H,1H3/b9-6+. The van der Waals surface area contributed by atoms with Gasteiger partial charge in [0.05, 0.1) is 15.1 Å². The average Bonchev–Trinajstić information content (AvgIpc) is 2.88. The van der Waals surface area contributed by atoms with Crippen LogP contribution in [0.2, 0.25) is 0 Å². The smallest absolute Gasteiger partial charge is 0.258 e. The molecule has 1 heterocycles. The molecule has 3 rings (SSSR count). The Labute approximate surface area is 125 Å². The lowest BCUT2D eigenvalue weighted by Crippen LogP contribution is -1.85. The summed E-state index contributed by atoms with van der Waals surface area (Å²) in [6.07, 6.45) is 3.92. The molecule has 4 nitrogen and oxygen atoms in total. The zero-order valence-corrected chi connectivity index (χ0v) is 12.1. The van der Waals surface area contributed by atoms with Gasteiger partial charge in [-0.25, -0.2) is 4.98 Å². The fourth-order valence-corrected chi connectivity index (χ4v) is 2.86. The molecule has 104 valence electrons. The lowest BCUT2D eigenvalue weighted by atomic mass is 10.1. The molecule has 2 aromatic carbocycles. The van der Waals surface area contributed by atoms with E-state index in [0.29, 0.717) is 0 Å². The van der Waals surface area contributed by atoms with E-state index in [1.165, 1.54) is 23.0 Å². The van der Waals surface area contributed by atoms with Crippen LogP contribution in [0.25, 0.3) is 22.4 Å². The zero-order valence-electron chi connectivity index (χ0n) is 11.3. The van der Waals surface area contributed by atoms with E-state index in [-0.39, 0.29) is 10.6 Å². The number of rotatable bonds is 3. The van der Waals surface area contributed by atoms with E-state index in [1.807, 2.05) is 31.2 Å². The normalized spacial score (nSPS) is 11.3. The van der Waals surface area contributed by atoms with Gasteiger partial charge in [0.25, 0.3) is 5.69 Å². The number of aromatic nitrogens is 1. The van der Waals surface area contributed by atoms with Crippen molar-refractivity contribution in [3.8, 4) is 0 Å². The SMILES string of the molecule is Cc1ccc(/C=C/c2nc3ccc([N+](=O)[O-])cc3s2)cc1. The Balaban J connectivity index is 1.90.